The predicted octanol–water partition coefficient (Wildman–Crippen LogP) is 2.81. The first-order chi connectivity index (χ1) is 10.1. The normalized spacial score (nSPS) is 17.0. The number of hydrogen-bond acceptors (Lipinski definition) is 3. The number of hydrogen-bond donors (Lipinski definition) is 2. The highest BCUT2D eigenvalue weighted by Gasteiger charge is 2.41. The van der Waals surface area contributed by atoms with Crippen LogP contribution in [0, 0.1) is 5.41 Å². The van der Waals surface area contributed by atoms with Gasteiger partial charge in [-0.25, -0.2) is 0 Å². The van der Waals surface area contributed by atoms with E-state index in [4.69, 9.17) is 4.42 Å². The number of carboxylic acids is 1. The Morgan fingerprint density at radius 3 is 2.62 bits per heavy atom. The monoisotopic (exact) mass is 287 g/mol. The standard InChI is InChI=1S/C16H17NO4/c18-14(13-9-11-5-1-2-6-12(11)21-13)17-10-16(15(19)20)7-3-4-8-16/h1-2,5-6,9H,3-4,7-8,10H2,(H,17,18)(H,19,20). The topological polar surface area (TPSA) is 79.5 Å². The summed E-state index contributed by atoms with van der Waals surface area (Å²) in [6.45, 7) is 0.151. The third kappa shape index (κ3) is 2.51. The highest BCUT2D eigenvalue weighted by Crippen LogP contribution is 2.37. The number of rotatable bonds is 4. The summed E-state index contributed by atoms with van der Waals surface area (Å²) in [6.07, 6.45) is 3.02. The zero-order valence-corrected chi connectivity index (χ0v) is 11.6. The molecular weight excluding hydrogens is 270 g/mol. The fraction of sp³-hybridized carbons (Fsp3) is 0.375. The van der Waals surface area contributed by atoms with Crippen molar-refractivity contribution in [2.75, 3.05) is 6.54 Å². The van der Waals surface area contributed by atoms with Gasteiger partial charge in [0.15, 0.2) is 5.76 Å². The lowest BCUT2D eigenvalue weighted by molar-refractivity contribution is -0.148. The maximum absolute atomic E-state index is 12.1. The molecule has 0 unspecified atom stereocenters. The van der Waals surface area contributed by atoms with Gasteiger partial charge in [0.05, 0.1) is 5.41 Å². The number of para-hydroxylation sites is 1. The fourth-order valence-corrected chi connectivity index (χ4v) is 2.95. The van der Waals surface area contributed by atoms with Crippen molar-refractivity contribution in [2.24, 2.45) is 5.41 Å². The number of aliphatic carboxylic acids is 1. The molecule has 5 heteroatoms. The van der Waals surface area contributed by atoms with Gasteiger partial charge in [-0.05, 0) is 25.0 Å². The van der Waals surface area contributed by atoms with Crippen LogP contribution >= 0.6 is 0 Å². The average molecular weight is 287 g/mol. The first-order valence-electron chi connectivity index (χ1n) is 7.11. The number of carboxylic acid groups (broad SMARTS) is 1. The number of furan rings is 1. The van der Waals surface area contributed by atoms with E-state index in [0.717, 1.165) is 18.2 Å². The largest absolute Gasteiger partial charge is 0.481 e. The van der Waals surface area contributed by atoms with Crippen LogP contribution in [0.4, 0.5) is 0 Å². The van der Waals surface area contributed by atoms with Crippen molar-refractivity contribution in [3.63, 3.8) is 0 Å². The van der Waals surface area contributed by atoms with Crippen LogP contribution in [-0.2, 0) is 4.79 Å². The number of carbonyl (C=O) groups is 2. The average Bonchev–Trinajstić information content (AvgIpc) is 3.12. The highest BCUT2D eigenvalue weighted by molar-refractivity contribution is 5.96. The first kappa shape index (κ1) is 13.7. The first-order valence-corrected chi connectivity index (χ1v) is 7.11. The molecule has 2 N–H and O–H groups in total. The lowest BCUT2D eigenvalue weighted by atomic mass is 9.86. The second-order valence-electron chi connectivity index (χ2n) is 5.62. The Morgan fingerprint density at radius 1 is 1.24 bits per heavy atom. The molecule has 21 heavy (non-hydrogen) atoms. The summed E-state index contributed by atoms with van der Waals surface area (Å²) in [5.74, 6) is -0.974. The smallest absolute Gasteiger partial charge is 0.311 e. The maximum atomic E-state index is 12.1. The minimum atomic E-state index is -0.829. The van der Waals surface area contributed by atoms with Gasteiger partial charge in [-0.2, -0.15) is 0 Å². The van der Waals surface area contributed by atoms with E-state index in [2.05, 4.69) is 5.32 Å². The molecule has 1 aliphatic carbocycles. The molecule has 2 aromatic rings. The van der Waals surface area contributed by atoms with Gasteiger partial charge in [-0.15, -0.1) is 0 Å². The molecular formula is C16H17NO4. The van der Waals surface area contributed by atoms with E-state index < -0.39 is 11.4 Å². The molecule has 0 radical (unpaired) electrons. The van der Waals surface area contributed by atoms with Crippen molar-refractivity contribution in [3.8, 4) is 0 Å². The predicted molar refractivity (Wildman–Crippen MR) is 77.1 cm³/mol. The van der Waals surface area contributed by atoms with Crippen molar-refractivity contribution in [1.29, 1.82) is 0 Å². The van der Waals surface area contributed by atoms with Gasteiger partial charge in [0.2, 0.25) is 0 Å². The van der Waals surface area contributed by atoms with Crippen LogP contribution in [-0.4, -0.2) is 23.5 Å². The Kier molecular flexibility index (Phi) is 3.41. The number of carbonyl (C=O) groups excluding carboxylic acids is 1. The van der Waals surface area contributed by atoms with Gasteiger partial charge >= 0.3 is 5.97 Å². The van der Waals surface area contributed by atoms with Gasteiger partial charge in [-0.1, -0.05) is 31.0 Å². The van der Waals surface area contributed by atoms with E-state index in [0.29, 0.717) is 18.4 Å². The third-order valence-corrected chi connectivity index (χ3v) is 4.25. The van der Waals surface area contributed by atoms with E-state index in [1.54, 1.807) is 12.1 Å². The molecule has 1 aromatic carbocycles. The van der Waals surface area contributed by atoms with E-state index in [9.17, 15) is 14.7 Å². The molecule has 1 heterocycles. The summed E-state index contributed by atoms with van der Waals surface area (Å²) in [7, 11) is 0. The van der Waals surface area contributed by atoms with Gasteiger partial charge < -0.3 is 14.8 Å². The minimum Gasteiger partial charge on any atom is -0.481 e. The van der Waals surface area contributed by atoms with Gasteiger partial charge in [-0.3, -0.25) is 9.59 Å². The van der Waals surface area contributed by atoms with E-state index in [1.807, 2.05) is 18.2 Å². The van der Waals surface area contributed by atoms with Gasteiger partial charge in [0, 0.05) is 11.9 Å². The molecule has 0 atom stereocenters. The summed E-state index contributed by atoms with van der Waals surface area (Å²) >= 11 is 0. The Labute approximate surface area is 121 Å². The Bertz CT molecular complexity index is 649. The molecule has 110 valence electrons. The zero-order valence-electron chi connectivity index (χ0n) is 11.6. The summed E-state index contributed by atoms with van der Waals surface area (Å²) in [5, 5.41) is 13.0. The number of fused-ring (bicyclic) bond motifs is 1. The molecule has 1 fully saturated rings. The summed E-state index contributed by atoms with van der Waals surface area (Å²) in [4.78, 5) is 23.6. The van der Waals surface area contributed by atoms with Crippen LogP contribution in [0.3, 0.4) is 0 Å². The molecule has 0 bridgehead atoms. The Hall–Kier alpha value is -2.30. The number of amides is 1. The number of nitrogens with one attached hydrogen (secondary N) is 1. The highest BCUT2D eigenvalue weighted by atomic mass is 16.4. The lowest BCUT2D eigenvalue weighted by Crippen LogP contribution is -2.41. The zero-order chi connectivity index (χ0) is 14.9. The molecule has 0 aliphatic heterocycles. The van der Waals surface area contributed by atoms with Crippen LogP contribution < -0.4 is 5.32 Å². The van der Waals surface area contributed by atoms with Crippen molar-refractivity contribution in [3.05, 3.63) is 36.1 Å². The van der Waals surface area contributed by atoms with Crippen molar-refractivity contribution >= 4 is 22.8 Å². The second kappa shape index (κ2) is 5.24. The van der Waals surface area contributed by atoms with Crippen LogP contribution in [0.2, 0.25) is 0 Å². The van der Waals surface area contributed by atoms with Crippen molar-refractivity contribution < 1.29 is 19.1 Å². The molecule has 1 saturated carbocycles. The third-order valence-electron chi connectivity index (χ3n) is 4.25. The minimum absolute atomic E-state index is 0.151. The molecule has 0 saturated heterocycles. The van der Waals surface area contributed by atoms with Gasteiger partial charge in [0.25, 0.3) is 5.91 Å². The summed E-state index contributed by atoms with van der Waals surface area (Å²) < 4.78 is 5.48. The van der Waals surface area contributed by atoms with E-state index in [-0.39, 0.29) is 18.2 Å². The van der Waals surface area contributed by atoms with Crippen LogP contribution in [0.15, 0.2) is 34.7 Å². The van der Waals surface area contributed by atoms with Crippen LogP contribution in [0.1, 0.15) is 36.2 Å². The summed E-state index contributed by atoms with van der Waals surface area (Å²) in [6, 6.07) is 9.04. The molecule has 1 aromatic heterocycles. The van der Waals surface area contributed by atoms with E-state index >= 15 is 0 Å². The molecule has 0 spiro atoms. The molecule has 3 rings (SSSR count). The molecule has 1 aliphatic rings. The van der Waals surface area contributed by atoms with Crippen molar-refractivity contribution in [1.82, 2.24) is 5.32 Å². The Morgan fingerprint density at radius 2 is 1.95 bits per heavy atom. The van der Waals surface area contributed by atoms with E-state index in [1.165, 1.54) is 0 Å². The SMILES string of the molecule is O=C(NCC1(C(=O)O)CCCC1)c1cc2ccccc2o1. The van der Waals surface area contributed by atoms with Crippen LogP contribution in [0.5, 0.6) is 0 Å². The lowest BCUT2D eigenvalue weighted by Gasteiger charge is -2.23. The Balaban J connectivity index is 1.72. The van der Waals surface area contributed by atoms with Crippen LogP contribution in [0.25, 0.3) is 11.0 Å². The number of benzene rings is 1. The summed E-state index contributed by atoms with van der Waals surface area (Å²) in [5.41, 5.74) is -0.168. The van der Waals surface area contributed by atoms with Gasteiger partial charge in [0.1, 0.15) is 5.58 Å². The molecule has 5 nitrogen and oxygen atoms in total. The fourth-order valence-electron chi connectivity index (χ4n) is 2.95. The molecule has 1 amide bonds. The second-order valence-corrected chi connectivity index (χ2v) is 5.62. The maximum Gasteiger partial charge on any atom is 0.311 e. The van der Waals surface area contributed by atoms with Crippen molar-refractivity contribution in [2.45, 2.75) is 25.7 Å². The quantitative estimate of drug-likeness (QED) is 0.906.